The summed E-state index contributed by atoms with van der Waals surface area (Å²) >= 11 is 0. The molecule has 0 radical (unpaired) electrons. The van der Waals surface area contributed by atoms with Gasteiger partial charge in [0, 0.05) is 5.39 Å². The van der Waals surface area contributed by atoms with Gasteiger partial charge in [0.1, 0.15) is 11.3 Å². The summed E-state index contributed by atoms with van der Waals surface area (Å²) in [6.45, 7) is 1.79. The van der Waals surface area contributed by atoms with E-state index in [1.54, 1.807) is 31.2 Å². The highest BCUT2D eigenvalue weighted by Gasteiger charge is 2.30. The maximum absolute atomic E-state index is 12.8. The number of halogens is 3. The van der Waals surface area contributed by atoms with E-state index in [0.717, 1.165) is 12.1 Å². The number of hydrogen-bond donors (Lipinski definition) is 1. The summed E-state index contributed by atoms with van der Waals surface area (Å²) in [5, 5.41) is 11.5. The second kappa shape index (κ2) is 6.71. The first-order valence-corrected chi connectivity index (χ1v) is 7.92. The Morgan fingerprint density at radius 2 is 1.65 bits per heavy atom. The van der Waals surface area contributed by atoms with E-state index in [0.29, 0.717) is 21.9 Å². The van der Waals surface area contributed by atoms with E-state index in [4.69, 9.17) is 4.74 Å². The van der Waals surface area contributed by atoms with Gasteiger partial charge in [-0.25, -0.2) is 4.79 Å². The van der Waals surface area contributed by atoms with Gasteiger partial charge in [0.05, 0.1) is 12.2 Å². The fourth-order valence-electron chi connectivity index (χ4n) is 2.80. The minimum atomic E-state index is -4.42. The first kappa shape index (κ1) is 17.8. The standard InChI is InChI=1S/C20H15F3O3/c1-2-26-19(25)17-11-16(14-5-3-4-6-15(14)18(17)24)12-7-9-13(10-8-12)20(21,22)23/h3-11,24H,2H2,1H3. The maximum Gasteiger partial charge on any atom is 0.416 e. The predicted molar refractivity (Wildman–Crippen MR) is 92.0 cm³/mol. The number of hydrogen-bond acceptors (Lipinski definition) is 3. The highest BCUT2D eigenvalue weighted by molar-refractivity contribution is 6.07. The SMILES string of the molecule is CCOC(=O)c1cc(-c2ccc(C(F)(F)F)cc2)c2ccccc2c1O. The fraction of sp³-hybridized carbons (Fsp3) is 0.150. The van der Waals surface area contributed by atoms with Crippen molar-refractivity contribution < 1.29 is 27.8 Å². The molecule has 0 heterocycles. The van der Waals surface area contributed by atoms with E-state index in [1.807, 2.05) is 0 Å². The van der Waals surface area contributed by atoms with Crippen LogP contribution in [0.15, 0.2) is 54.6 Å². The van der Waals surface area contributed by atoms with Gasteiger partial charge in [-0.3, -0.25) is 0 Å². The fourth-order valence-corrected chi connectivity index (χ4v) is 2.80. The minimum absolute atomic E-state index is 0.0274. The van der Waals surface area contributed by atoms with Crippen molar-refractivity contribution in [1.82, 2.24) is 0 Å². The molecular formula is C20H15F3O3. The molecule has 0 atom stereocenters. The summed E-state index contributed by atoms with van der Waals surface area (Å²) in [5.41, 5.74) is 0.255. The van der Waals surface area contributed by atoms with Crippen LogP contribution in [-0.4, -0.2) is 17.7 Å². The molecule has 3 rings (SSSR count). The normalized spacial score (nSPS) is 11.5. The molecule has 0 aliphatic rings. The van der Waals surface area contributed by atoms with E-state index >= 15 is 0 Å². The number of carbonyl (C=O) groups excluding carboxylic acids is 1. The first-order valence-electron chi connectivity index (χ1n) is 7.92. The molecule has 3 aromatic rings. The predicted octanol–water partition coefficient (Wildman–Crippen LogP) is 5.41. The Kier molecular flexibility index (Phi) is 4.59. The smallest absolute Gasteiger partial charge is 0.416 e. The van der Waals surface area contributed by atoms with Gasteiger partial charge in [-0.2, -0.15) is 13.2 Å². The molecule has 6 heteroatoms. The van der Waals surface area contributed by atoms with Gasteiger partial charge in [-0.1, -0.05) is 36.4 Å². The monoisotopic (exact) mass is 360 g/mol. The molecule has 0 aromatic heterocycles. The minimum Gasteiger partial charge on any atom is -0.506 e. The average molecular weight is 360 g/mol. The van der Waals surface area contributed by atoms with Crippen molar-refractivity contribution >= 4 is 16.7 Å². The molecule has 0 saturated carbocycles. The van der Waals surface area contributed by atoms with Gasteiger partial charge in [0.25, 0.3) is 0 Å². The Balaban J connectivity index is 2.21. The Morgan fingerprint density at radius 3 is 2.23 bits per heavy atom. The number of aromatic hydroxyl groups is 1. The molecule has 0 unspecified atom stereocenters. The van der Waals surface area contributed by atoms with Gasteiger partial charge < -0.3 is 9.84 Å². The molecule has 3 nitrogen and oxygen atoms in total. The summed E-state index contributed by atoms with van der Waals surface area (Å²) in [6.07, 6.45) is -4.42. The van der Waals surface area contributed by atoms with E-state index in [2.05, 4.69) is 0 Å². The lowest BCUT2D eigenvalue weighted by atomic mass is 9.94. The molecule has 26 heavy (non-hydrogen) atoms. The summed E-state index contributed by atoms with van der Waals surface area (Å²) in [6, 6.07) is 12.9. The van der Waals surface area contributed by atoms with Crippen LogP contribution in [-0.2, 0) is 10.9 Å². The molecule has 0 amide bonds. The van der Waals surface area contributed by atoms with Crippen LogP contribution in [0.3, 0.4) is 0 Å². The summed E-state index contributed by atoms with van der Waals surface area (Å²) in [5.74, 6) is -0.904. The third kappa shape index (κ3) is 3.22. The Labute approximate surface area is 147 Å². The van der Waals surface area contributed by atoms with Crippen LogP contribution in [0.2, 0.25) is 0 Å². The number of phenols is 1. The van der Waals surface area contributed by atoms with Crippen molar-refractivity contribution in [2.75, 3.05) is 6.61 Å². The lowest BCUT2D eigenvalue weighted by molar-refractivity contribution is -0.137. The molecule has 0 bridgehead atoms. The van der Waals surface area contributed by atoms with Crippen LogP contribution in [0, 0.1) is 0 Å². The lowest BCUT2D eigenvalue weighted by Gasteiger charge is -2.13. The van der Waals surface area contributed by atoms with Crippen LogP contribution in [0.25, 0.3) is 21.9 Å². The summed E-state index contributed by atoms with van der Waals surface area (Å²) in [7, 11) is 0. The molecule has 1 N–H and O–H groups in total. The van der Waals surface area contributed by atoms with E-state index < -0.39 is 17.7 Å². The zero-order valence-electron chi connectivity index (χ0n) is 13.8. The second-order valence-electron chi connectivity index (χ2n) is 5.66. The van der Waals surface area contributed by atoms with Gasteiger partial charge in [-0.15, -0.1) is 0 Å². The van der Waals surface area contributed by atoms with Crippen molar-refractivity contribution in [3.05, 3.63) is 65.7 Å². The maximum atomic E-state index is 12.8. The lowest BCUT2D eigenvalue weighted by Crippen LogP contribution is -2.06. The number of carbonyl (C=O) groups is 1. The topological polar surface area (TPSA) is 46.5 Å². The number of esters is 1. The summed E-state index contributed by atoms with van der Waals surface area (Å²) in [4.78, 5) is 12.1. The molecule has 0 fully saturated rings. The van der Waals surface area contributed by atoms with Gasteiger partial charge >= 0.3 is 12.1 Å². The third-order valence-corrected chi connectivity index (χ3v) is 4.03. The molecule has 3 aromatic carbocycles. The van der Waals surface area contributed by atoms with Crippen molar-refractivity contribution in [2.45, 2.75) is 13.1 Å². The first-order chi connectivity index (χ1) is 12.3. The number of rotatable bonds is 3. The Bertz CT molecular complexity index is 960. The quantitative estimate of drug-likeness (QED) is 0.636. The van der Waals surface area contributed by atoms with Crippen LogP contribution in [0.5, 0.6) is 5.75 Å². The number of benzene rings is 3. The highest BCUT2D eigenvalue weighted by Crippen LogP contribution is 2.38. The van der Waals surface area contributed by atoms with Gasteiger partial charge in [-0.05, 0) is 41.6 Å². The van der Waals surface area contributed by atoms with Gasteiger partial charge in [0.15, 0.2) is 0 Å². The van der Waals surface area contributed by atoms with Crippen molar-refractivity contribution in [3.8, 4) is 16.9 Å². The van der Waals surface area contributed by atoms with Gasteiger partial charge in [0.2, 0.25) is 0 Å². The Morgan fingerprint density at radius 1 is 1.04 bits per heavy atom. The van der Waals surface area contributed by atoms with Crippen LogP contribution in [0.1, 0.15) is 22.8 Å². The number of ether oxygens (including phenoxy) is 1. The van der Waals surface area contributed by atoms with Crippen LogP contribution in [0.4, 0.5) is 13.2 Å². The van der Waals surface area contributed by atoms with E-state index in [9.17, 15) is 23.1 Å². The van der Waals surface area contributed by atoms with Crippen molar-refractivity contribution in [3.63, 3.8) is 0 Å². The summed E-state index contributed by atoms with van der Waals surface area (Å²) < 4.78 is 43.3. The number of fused-ring (bicyclic) bond motifs is 1. The zero-order chi connectivity index (χ0) is 18.9. The molecule has 0 aliphatic heterocycles. The van der Waals surface area contributed by atoms with Crippen LogP contribution < -0.4 is 0 Å². The third-order valence-electron chi connectivity index (χ3n) is 4.03. The highest BCUT2D eigenvalue weighted by atomic mass is 19.4. The molecule has 0 spiro atoms. The van der Waals surface area contributed by atoms with E-state index in [-0.39, 0.29) is 17.9 Å². The van der Waals surface area contributed by atoms with Crippen LogP contribution >= 0.6 is 0 Å². The van der Waals surface area contributed by atoms with Crippen molar-refractivity contribution in [1.29, 1.82) is 0 Å². The number of phenolic OH excluding ortho intramolecular Hbond substituents is 1. The largest absolute Gasteiger partial charge is 0.506 e. The average Bonchev–Trinajstić information content (AvgIpc) is 2.62. The molecular weight excluding hydrogens is 345 g/mol. The molecule has 134 valence electrons. The Hall–Kier alpha value is -3.02. The molecule has 0 saturated heterocycles. The van der Waals surface area contributed by atoms with E-state index in [1.165, 1.54) is 18.2 Å². The number of alkyl halides is 3. The zero-order valence-corrected chi connectivity index (χ0v) is 13.8. The second-order valence-corrected chi connectivity index (χ2v) is 5.66. The van der Waals surface area contributed by atoms with Crippen molar-refractivity contribution in [2.24, 2.45) is 0 Å². The molecule has 0 aliphatic carbocycles.